The monoisotopic (exact) mass is 560 g/mol. The fraction of sp³-hybridized carbons (Fsp3) is 0.200. The predicted octanol–water partition coefficient (Wildman–Crippen LogP) is 7.55. The molecule has 0 amide bonds. The van der Waals surface area contributed by atoms with Crippen LogP contribution < -0.4 is 14.9 Å². The number of rotatable bonds is 9. The van der Waals surface area contributed by atoms with E-state index in [0.717, 1.165) is 33.2 Å². The summed E-state index contributed by atoms with van der Waals surface area (Å²) in [4.78, 5) is 4.62. The molecule has 0 atom stereocenters. The Morgan fingerprint density at radius 1 is 1.09 bits per heavy atom. The second kappa shape index (κ2) is 11.1. The Kier molecular flexibility index (Phi) is 7.98. The Hall–Kier alpha value is -2.74. The molecule has 6 nitrogen and oxygen atoms in total. The number of hydrazone groups is 1. The van der Waals surface area contributed by atoms with Gasteiger partial charge in [0, 0.05) is 22.2 Å². The molecule has 9 heteroatoms. The smallest absolute Gasteiger partial charge is 0.224 e. The van der Waals surface area contributed by atoms with Gasteiger partial charge in [-0.3, -0.25) is 0 Å². The number of fused-ring (bicyclic) bond motifs is 1. The highest BCUT2D eigenvalue weighted by molar-refractivity contribution is 9.10. The number of halogens is 3. The van der Waals surface area contributed by atoms with Gasteiger partial charge < -0.3 is 14.0 Å². The Balaban J connectivity index is 1.53. The maximum absolute atomic E-state index is 6.28. The van der Waals surface area contributed by atoms with E-state index < -0.39 is 0 Å². The van der Waals surface area contributed by atoms with E-state index in [4.69, 9.17) is 32.7 Å². The van der Waals surface area contributed by atoms with Gasteiger partial charge in [0.1, 0.15) is 6.61 Å². The third-order valence-electron chi connectivity index (χ3n) is 5.07. The van der Waals surface area contributed by atoms with E-state index in [1.54, 1.807) is 18.3 Å². The summed E-state index contributed by atoms with van der Waals surface area (Å²) in [5.41, 5.74) is 6.70. The van der Waals surface area contributed by atoms with Crippen molar-refractivity contribution < 1.29 is 9.47 Å². The van der Waals surface area contributed by atoms with E-state index in [2.05, 4.69) is 42.9 Å². The lowest BCUT2D eigenvalue weighted by Crippen LogP contribution is -2.03. The van der Waals surface area contributed by atoms with E-state index >= 15 is 0 Å². The molecule has 34 heavy (non-hydrogen) atoms. The summed E-state index contributed by atoms with van der Waals surface area (Å²) < 4.78 is 14.7. The highest BCUT2D eigenvalue weighted by atomic mass is 79.9. The molecular formula is C25H23BrCl2N4O2. The van der Waals surface area contributed by atoms with Crippen LogP contribution in [0.25, 0.3) is 11.0 Å². The third kappa shape index (κ3) is 5.49. The lowest BCUT2D eigenvalue weighted by Gasteiger charge is -2.15. The van der Waals surface area contributed by atoms with Crippen molar-refractivity contribution in [3.05, 3.63) is 80.2 Å². The van der Waals surface area contributed by atoms with Gasteiger partial charge in [0.25, 0.3) is 0 Å². The number of hydrogen-bond donors (Lipinski definition) is 1. The van der Waals surface area contributed by atoms with Crippen LogP contribution in [0.2, 0.25) is 10.0 Å². The molecule has 0 aliphatic heterocycles. The highest BCUT2D eigenvalue weighted by Crippen LogP contribution is 2.37. The van der Waals surface area contributed by atoms with E-state index in [9.17, 15) is 0 Å². The molecular weight excluding hydrogens is 539 g/mol. The second-order valence-electron chi connectivity index (χ2n) is 7.33. The van der Waals surface area contributed by atoms with Crippen molar-refractivity contribution in [2.24, 2.45) is 5.10 Å². The number of para-hydroxylation sites is 2. The van der Waals surface area contributed by atoms with E-state index in [1.807, 2.05) is 49.4 Å². The molecule has 0 saturated heterocycles. The molecule has 0 radical (unpaired) electrons. The Morgan fingerprint density at radius 2 is 1.91 bits per heavy atom. The topological polar surface area (TPSA) is 60.7 Å². The van der Waals surface area contributed by atoms with Gasteiger partial charge >= 0.3 is 0 Å². The van der Waals surface area contributed by atoms with E-state index in [1.165, 1.54) is 0 Å². The first-order valence-electron chi connectivity index (χ1n) is 10.8. The first kappa shape index (κ1) is 24.4. The van der Waals surface area contributed by atoms with Crippen molar-refractivity contribution in [3.8, 4) is 11.5 Å². The molecule has 0 unspecified atom stereocenters. The van der Waals surface area contributed by atoms with Gasteiger partial charge in [-0.15, -0.1) is 0 Å². The van der Waals surface area contributed by atoms with Crippen LogP contribution in [-0.2, 0) is 13.2 Å². The molecule has 0 spiro atoms. The van der Waals surface area contributed by atoms with Crippen LogP contribution in [0.5, 0.6) is 11.5 Å². The standard InChI is InChI=1S/C25H23BrCl2N4O2/c1-3-32-22-8-6-5-7-21(22)30-25(32)31-29-14-16-11-19(26)24(23(12-16)33-4-2)34-15-17-9-10-18(27)13-20(17)28/h5-14H,3-4,15H2,1-2H3,(H,30,31)/b29-14-. The molecule has 4 rings (SSSR count). The molecule has 1 heterocycles. The van der Waals surface area contributed by atoms with Crippen molar-refractivity contribution in [1.82, 2.24) is 9.55 Å². The first-order valence-corrected chi connectivity index (χ1v) is 12.3. The maximum Gasteiger partial charge on any atom is 0.224 e. The molecule has 0 saturated carbocycles. The van der Waals surface area contributed by atoms with Crippen LogP contribution in [0.15, 0.2) is 64.2 Å². The normalized spacial score (nSPS) is 11.3. The summed E-state index contributed by atoms with van der Waals surface area (Å²) in [5, 5.41) is 5.53. The van der Waals surface area contributed by atoms with Crippen LogP contribution >= 0.6 is 39.1 Å². The van der Waals surface area contributed by atoms with Crippen molar-refractivity contribution >= 4 is 62.3 Å². The van der Waals surface area contributed by atoms with Crippen molar-refractivity contribution in [3.63, 3.8) is 0 Å². The summed E-state index contributed by atoms with van der Waals surface area (Å²) in [6.45, 7) is 5.54. The van der Waals surface area contributed by atoms with Gasteiger partial charge in [0.05, 0.1) is 28.3 Å². The molecule has 0 bridgehead atoms. The molecule has 0 aliphatic rings. The maximum atomic E-state index is 6.28. The number of imidazole rings is 1. The van der Waals surface area contributed by atoms with Crippen LogP contribution in [0, 0.1) is 0 Å². The number of aromatic nitrogens is 2. The minimum absolute atomic E-state index is 0.275. The lowest BCUT2D eigenvalue weighted by molar-refractivity contribution is 0.267. The number of benzene rings is 3. The molecule has 1 N–H and O–H groups in total. The Morgan fingerprint density at radius 3 is 2.68 bits per heavy atom. The van der Waals surface area contributed by atoms with Crippen molar-refractivity contribution in [2.45, 2.75) is 27.0 Å². The first-order chi connectivity index (χ1) is 16.5. The van der Waals surface area contributed by atoms with Crippen molar-refractivity contribution in [1.29, 1.82) is 0 Å². The predicted molar refractivity (Wildman–Crippen MR) is 143 cm³/mol. The minimum Gasteiger partial charge on any atom is -0.490 e. The average molecular weight is 562 g/mol. The average Bonchev–Trinajstić information content (AvgIpc) is 3.17. The molecule has 4 aromatic rings. The Bertz CT molecular complexity index is 1340. The molecule has 1 aromatic heterocycles. The second-order valence-corrected chi connectivity index (χ2v) is 9.02. The highest BCUT2D eigenvalue weighted by Gasteiger charge is 2.14. The largest absolute Gasteiger partial charge is 0.490 e. The number of hydrogen-bond acceptors (Lipinski definition) is 5. The van der Waals surface area contributed by atoms with E-state index in [-0.39, 0.29) is 6.61 Å². The van der Waals surface area contributed by atoms with Gasteiger partial charge in [-0.2, -0.15) is 5.10 Å². The summed E-state index contributed by atoms with van der Waals surface area (Å²) in [5.74, 6) is 1.87. The summed E-state index contributed by atoms with van der Waals surface area (Å²) >= 11 is 15.9. The molecule has 0 aliphatic carbocycles. The van der Waals surface area contributed by atoms with E-state index in [0.29, 0.717) is 34.1 Å². The number of nitrogens with one attached hydrogen (secondary N) is 1. The zero-order valence-electron chi connectivity index (χ0n) is 18.7. The quantitative estimate of drug-likeness (QED) is 0.169. The SMILES string of the molecule is CCOc1cc(/C=N\Nc2nc3ccccc3n2CC)cc(Br)c1OCc1ccc(Cl)cc1Cl. The van der Waals surface area contributed by atoms with Gasteiger partial charge in [-0.05, 0) is 71.7 Å². The number of ether oxygens (including phenoxy) is 2. The molecule has 3 aromatic carbocycles. The summed E-state index contributed by atoms with van der Waals surface area (Å²) in [6.07, 6.45) is 1.71. The van der Waals surface area contributed by atoms with Crippen molar-refractivity contribution in [2.75, 3.05) is 12.0 Å². The van der Waals surface area contributed by atoms with Gasteiger partial charge in [-0.1, -0.05) is 41.4 Å². The zero-order valence-corrected chi connectivity index (χ0v) is 21.8. The number of aryl methyl sites for hydroxylation is 1. The summed E-state index contributed by atoms with van der Waals surface area (Å²) in [7, 11) is 0. The number of nitrogens with zero attached hydrogens (tertiary/aromatic N) is 3. The molecule has 176 valence electrons. The molecule has 0 fully saturated rings. The van der Waals surface area contributed by atoms with Crippen LogP contribution in [0.4, 0.5) is 5.95 Å². The third-order valence-corrected chi connectivity index (χ3v) is 6.24. The fourth-order valence-corrected chi connectivity index (χ4v) is 4.54. The van der Waals surface area contributed by atoms with Gasteiger partial charge in [0.15, 0.2) is 11.5 Å². The number of anilines is 1. The minimum atomic E-state index is 0.275. The summed E-state index contributed by atoms with van der Waals surface area (Å²) in [6, 6.07) is 17.1. The lowest BCUT2D eigenvalue weighted by atomic mass is 10.2. The van der Waals surface area contributed by atoms with Crippen LogP contribution in [0.1, 0.15) is 25.0 Å². The van der Waals surface area contributed by atoms with Crippen LogP contribution in [0.3, 0.4) is 0 Å². The zero-order chi connectivity index (χ0) is 24.1. The Labute approximate surface area is 216 Å². The fourth-order valence-electron chi connectivity index (χ4n) is 3.50. The van der Waals surface area contributed by atoms with Gasteiger partial charge in [-0.25, -0.2) is 10.4 Å². The van der Waals surface area contributed by atoms with Gasteiger partial charge in [0.2, 0.25) is 5.95 Å². The van der Waals surface area contributed by atoms with Crippen LogP contribution in [-0.4, -0.2) is 22.4 Å².